The zero-order valence-corrected chi connectivity index (χ0v) is 13.8. The topological polar surface area (TPSA) is 57.3 Å². The van der Waals surface area contributed by atoms with E-state index in [0.29, 0.717) is 0 Å². The van der Waals surface area contributed by atoms with Crippen LogP contribution in [0.25, 0.3) is 10.9 Å². The van der Waals surface area contributed by atoms with Gasteiger partial charge in [-0.2, -0.15) is 0 Å². The minimum Gasteiger partial charge on any atom is -0.378 e. The molecule has 1 amide bonds. The first-order chi connectivity index (χ1) is 11.6. The monoisotopic (exact) mass is 320 g/mol. The molecule has 5 nitrogen and oxygen atoms in total. The van der Waals surface area contributed by atoms with Crippen LogP contribution >= 0.6 is 0 Å². The number of hydrogen-bond donors (Lipinski definition) is 2. The fourth-order valence-electron chi connectivity index (χ4n) is 2.46. The van der Waals surface area contributed by atoms with Crippen molar-refractivity contribution in [3.8, 4) is 0 Å². The normalized spacial score (nSPS) is 10.4. The van der Waals surface area contributed by atoms with Crippen molar-refractivity contribution in [1.29, 1.82) is 0 Å². The van der Waals surface area contributed by atoms with E-state index in [1.54, 1.807) is 6.20 Å². The molecular formula is C19H20N4O. The molecule has 0 fully saturated rings. The molecule has 0 aliphatic heterocycles. The second kappa shape index (κ2) is 7.00. The average Bonchev–Trinajstić information content (AvgIpc) is 2.61. The van der Waals surface area contributed by atoms with Crippen molar-refractivity contribution >= 4 is 33.9 Å². The second-order valence-electron chi connectivity index (χ2n) is 5.72. The standard InChI is InChI=1S/C19H20N4O/c1-23(2)16-10-8-15(9-11-16)21-13-18(24)22-17-7-3-5-14-6-4-12-20-19(14)17/h3-12,21H,13H2,1-2H3,(H,22,24). The minimum atomic E-state index is -0.107. The van der Waals surface area contributed by atoms with E-state index in [2.05, 4.69) is 15.6 Å². The van der Waals surface area contributed by atoms with Crippen molar-refractivity contribution in [1.82, 2.24) is 4.98 Å². The van der Waals surface area contributed by atoms with E-state index >= 15 is 0 Å². The molecule has 5 heteroatoms. The number of amides is 1. The second-order valence-corrected chi connectivity index (χ2v) is 5.72. The van der Waals surface area contributed by atoms with Gasteiger partial charge in [-0.1, -0.05) is 18.2 Å². The summed E-state index contributed by atoms with van der Waals surface area (Å²) in [6.45, 7) is 0.199. The number of carbonyl (C=O) groups is 1. The van der Waals surface area contributed by atoms with E-state index in [-0.39, 0.29) is 12.5 Å². The Bertz CT molecular complexity index is 838. The van der Waals surface area contributed by atoms with Crippen LogP contribution in [0.4, 0.5) is 17.1 Å². The third-order valence-electron chi connectivity index (χ3n) is 3.74. The van der Waals surface area contributed by atoms with Crippen LogP contribution in [0.15, 0.2) is 60.8 Å². The van der Waals surface area contributed by atoms with Gasteiger partial charge in [0.15, 0.2) is 0 Å². The minimum absolute atomic E-state index is 0.107. The van der Waals surface area contributed by atoms with Crippen LogP contribution in [0, 0.1) is 0 Å². The molecule has 1 aromatic heterocycles. The quantitative estimate of drug-likeness (QED) is 0.757. The van der Waals surface area contributed by atoms with Crippen LogP contribution < -0.4 is 15.5 Å². The van der Waals surface area contributed by atoms with Gasteiger partial charge in [-0.3, -0.25) is 9.78 Å². The van der Waals surface area contributed by atoms with E-state index in [1.807, 2.05) is 73.6 Å². The van der Waals surface area contributed by atoms with Crippen molar-refractivity contribution in [3.63, 3.8) is 0 Å². The van der Waals surface area contributed by atoms with Crippen LogP contribution in [0.3, 0.4) is 0 Å². The largest absolute Gasteiger partial charge is 0.378 e. The van der Waals surface area contributed by atoms with Gasteiger partial charge in [0.25, 0.3) is 0 Å². The number of aromatic nitrogens is 1. The van der Waals surface area contributed by atoms with Gasteiger partial charge >= 0.3 is 0 Å². The van der Waals surface area contributed by atoms with Crippen LogP contribution in [0.5, 0.6) is 0 Å². The number of para-hydroxylation sites is 1. The fraction of sp³-hybridized carbons (Fsp3) is 0.158. The zero-order chi connectivity index (χ0) is 16.9. The highest BCUT2D eigenvalue weighted by Crippen LogP contribution is 2.20. The molecule has 0 saturated heterocycles. The van der Waals surface area contributed by atoms with Crippen LogP contribution in [0.1, 0.15) is 0 Å². The molecule has 2 N–H and O–H groups in total. The van der Waals surface area contributed by atoms with Crippen LogP contribution in [0.2, 0.25) is 0 Å². The summed E-state index contributed by atoms with van der Waals surface area (Å²) in [5.41, 5.74) is 3.55. The average molecular weight is 320 g/mol. The van der Waals surface area contributed by atoms with Gasteiger partial charge < -0.3 is 15.5 Å². The Morgan fingerprint density at radius 2 is 1.79 bits per heavy atom. The molecule has 0 bridgehead atoms. The molecule has 0 unspecified atom stereocenters. The first kappa shape index (κ1) is 15.8. The predicted molar refractivity (Wildman–Crippen MR) is 99.6 cm³/mol. The Hall–Kier alpha value is -3.08. The van der Waals surface area contributed by atoms with Crippen molar-refractivity contribution in [3.05, 3.63) is 60.8 Å². The molecule has 0 radical (unpaired) electrons. The maximum atomic E-state index is 12.2. The maximum absolute atomic E-state index is 12.2. The number of nitrogens with one attached hydrogen (secondary N) is 2. The number of hydrogen-bond acceptors (Lipinski definition) is 4. The van der Waals surface area contributed by atoms with Crippen molar-refractivity contribution in [2.45, 2.75) is 0 Å². The SMILES string of the molecule is CN(C)c1ccc(NCC(=O)Nc2cccc3cccnc23)cc1. The van der Waals surface area contributed by atoms with E-state index in [4.69, 9.17) is 0 Å². The Labute approximate surface area is 141 Å². The molecule has 3 rings (SSSR count). The van der Waals surface area contributed by atoms with Gasteiger partial charge in [0, 0.05) is 37.1 Å². The lowest BCUT2D eigenvalue weighted by atomic mass is 10.2. The molecule has 0 aliphatic carbocycles. The van der Waals surface area contributed by atoms with E-state index in [1.165, 1.54) is 0 Å². The molecule has 3 aromatic rings. The molecular weight excluding hydrogens is 300 g/mol. The summed E-state index contributed by atoms with van der Waals surface area (Å²) in [5.74, 6) is -0.107. The maximum Gasteiger partial charge on any atom is 0.243 e. The van der Waals surface area contributed by atoms with Crippen molar-refractivity contribution in [2.75, 3.05) is 36.2 Å². The van der Waals surface area contributed by atoms with E-state index in [0.717, 1.165) is 28.0 Å². The Morgan fingerprint density at radius 1 is 1.04 bits per heavy atom. The third kappa shape index (κ3) is 3.63. The van der Waals surface area contributed by atoms with Gasteiger partial charge in [-0.15, -0.1) is 0 Å². The molecule has 2 aromatic carbocycles. The fourth-order valence-corrected chi connectivity index (χ4v) is 2.46. The Kier molecular flexibility index (Phi) is 4.61. The zero-order valence-electron chi connectivity index (χ0n) is 13.8. The van der Waals surface area contributed by atoms with Crippen molar-refractivity contribution < 1.29 is 4.79 Å². The number of pyridine rings is 1. The van der Waals surface area contributed by atoms with E-state index in [9.17, 15) is 4.79 Å². The summed E-state index contributed by atoms with van der Waals surface area (Å²) in [4.78, 5) is 18.6. The summed E-state index contributed by atoms with van der Waals surface area (Å²) in [6.07, 6.45) is 1.72. The Morgan fingerprint density at radius 3 is 2.54 bits per heavy atom. The highest BCUT2D eigenvalue weighted by Gasteiger charge is 2.06. The number of nitrogens with zero attached hydrogens (tertiary/aromatic N) is 2. The summed E-state index contributed by atoms with van der Waals surface area (Å²) in [7, 11) is 3.99. The number of rotatable bonds is 5. The Balaban J connectivity index is 1.63. The molecule has 0 saturated carbocycles. The van der Waals surface area contributed by atoms with Gasteiger partial charge in [0.2, 0.25) is 5.91 Å². The smallest absolute Gasteiger partial charge is 0.243 e. The van der Waals surface area contributed by atoms with Crippen molar-refractivity contribution in [2.24, 2.45) is 0 Å². The van der Waals surface area contributed by atoms with Gasteiger partial charge in [0.05, 0.1) is 17.7 Å². The lowest BCUT2D eigenvalue weighted by Crippen LogP contribution is -2.22. The van der Waals surface area contributed by atoms with Gasteiger partial charge in [-0.25, -0.2) is 0 Å². The summed E-state index contributed by atoms with van der Waals surface area (Å²) < 4.78 is 0. The molecule has 0 atom stereocenters. The number of fused-ring (bicyclic) bond motifs is 1. The van der Waals surface area contributed by atoms with E-state index < -0.39 is 0 Å². The first-order valence-electron chi connectivity index (χ1n) is 7.78. The summed E-state index contributed by atoms with van der Waals surface area (Å²) in [5, 5.41) is 7.04. The molecule has 1 heterocycles. The highest BCUT2D eigenvalue weighted by atomic mass is 16.1. The van der Waals surface area contributed by atoms with Crippen LogP contribution in [-0.2, 0) is 4.79 Å². The lowest BCUT2D eigenvalue weighted by Gasteiger charge is -2.13. The molecule has 24 heavy (non-hydrogen) atoms. The van der Waals surface area contributed by atoms with Gasteiger partial charge in [-0.05, 0) is 36.4 Å². The first-order valence-corrected chi connectivity index (χ1v) is 7.78. The lowest BCUT2D eigenvalue weighted by molar-refractivity contribution is -0.114. The predicted octanol–water partition coefficient (Wildman–Crippen LogP) is 3.35. The summed E-state index contributed by atoms with van der Waals surface area (Å²) in [6, 6.07) is 17.5. The summed E-state index contributed by atoms with van der Waals surface area (Å²) >= 11 is 0. The number of carbonyl (C=O) groups excluding carboxylic acids is 1. The molecule has 122 valence electrons. The van der Waals surface area contributed by atoms with Crippen LogP contribution in [-0.4, -0.2) is 31.5 Å². The number of benzene rings is 2. The highest BCUT2D eigenvalue weighted by molar-refractivity contribution is 6.01. The van der Waals surface area contributed by atoms with Gasteiger partial charge in [0.1, 0.15) is 0 Å². The number of anilines is 3. The molecule has 0 spiro atoms. The third-order valence-corrected chi connectivity index (χ3v) is 3.74. The molecule has 0 aliphatic rings.